The lowest BCUT2D eigenvalue weighted by atomic mass is 10.1. The molecular weight excluding hydrogens is 372 g/mol. The van der Waals surface area contributed by atoms with E-state index in [1.54, 1.807) is 0 Å². The number of sulfone groups is 1. The van der Waals surface area contributed by atoms with Crippen LogP contribution in [0.3, 0.4) is 0 Å². The summed E-state index contributed by atoms with van der Waals surface area (Å²) in [6, 6.07) is 2.01. The first-order valence-electron chi connectivity index (χ1n) is 5.91. The normalized spacial score (nSPS) is 23.9. The molecule has 1 saturated heterocycles. The van der Waals surface area contributed by atoms with Crippen LogP contribution in [0.15, 0.2) is 10.5 Å². The minimum Gasteiger partial charge on any atom is -0.329 e. The Morgan fingerprint density at radius 2 is 2.37 bits per heavy atom. The van der Waals surface area contributed by atoms with Crippen LogP contribution in [0.2, 0.25) is 4.34 Å². The number of nitrogens with two attached hydrogens (primary N) is 1. The van der Waals surface area contributed by atoms with Gasteiger partial charge in [0.25, 0.3) is 0 Å². The highest BCUT2D eigenvalue weighted by atomic mass is 79.9. The van der Waals surface area contributed by atoms with Gasteiger partial charge in [-0.15, -0.1) is 11.3 Å². The number of halogens is 2. The highest BCUT2D eigenvalue weighted by Crippen LogP contribution is 2.37. The van der Waals surface area contributed by atoms with E-state index >= 15 is 0 Å². The molecule has 1 fully saturated rings. The Labute approximate surface area is 131 Å². The van der Waals surface area contributed by atoms with Gasteiger partial charge < -0.3 is 5.73 Å². The van der Waals surface area contributed by atoms with Gasteiger partial charge in [-0.2, -0.15) is 0 Å². The molecule has 0 saturated carbocycles. The minimum absolute atomic E-state index is 0.00657. The summed E-state index contributed by atoms with van der Waals surface area (Å²) < 4.78 is 24.7. The van der Waals surface area contributed by atoms with Gasteiger partial charge in [-0.1, -0.05) is 11.6 Å². The van der Waals surface area contributed by atoms with E-state index < -0.39 is 9.84 Å². The molecule has 2 N–H and O–H groups in total. The lowest BCUT2D eigenvalue weighted by Crippen LogP contribution is -2.39. The molecule has 2 rings (SSSR count). The number of likely N-dealkylation sites (N-methyl/N-ethyl adjacent to an activating group) is 1. The monoisotopic (exact) mass is 386 g/mol. The second-order valence-corrected chi connectivity index (χ2v) is 9.51. The first kappa shape index (κ1) is 15.7. The summed E-state index contributed by atoms with van der Waals surface area (Å²) in [6.45, 7) is 0.441. The van der Waals surface area contributed by atoms with E-state index in [0.29, 0.717) is 17.3 Å². The summed E-state index contributed by atoms with van der Waals surface area (Å²) in [6.07, 6.45) is 0.676. The molecule has 1 aromatic rings. The van der Waals surface area contributed by atoms with Crippen molar-refractivity contribution in [2.45, 2.75) is 18.5 Å². The van der Waals surface area contributed by atoms with Gasteiger partial charge in [0.1, 0.15) is 4.34 Å². The predicted molar refractivity (Wildman–Crippen MR) is 83.6 cm³/mol. The van der Waals surface area contributed by atoms with Gasteiger partial charge in [-0.3, -0.25) is 4.90 Å². The zero-order chi connectivity index (χ0) is 14.2. The van der Waals surface area contributed by atoms with Gasteiger partial charge in [0.15, 0.2) is 9.84 Å². The topological polar surface area (TPSA) is 63.4 Å². The molecule has 1 aliphatic rings. The van der Waals surface area contributed by atoms with Crippen molar-refractivity contribution in [2.75, 3.05) is 25.1 Å². The maximum absolute atomic E-state index is 11.6. The van der Waals surface area contributed by atoms with E-state index in [1.165, 1.54) is 11.3 Å². The summed E-state index contributed by atoms with van der Waals surface area (Å²) in [5.41, 5.74) is 5.86. The van der Waals surface area contributed by atoms with Crippen molar-refractivity contribution in [3.05, 3.63) is 19.8 Å². The first-order chi connectivity index (χ1) is 8.84. The summed E-state index contributed by atoms with van der Waals surface area (Å²) in [4.78, 5) is 3.13. The number of rotatable bonds is 4. The molecule has 1 aromatic heterocycles. The molecule has 0 radical (unpaired) electrons. The van der Waals surface area contributed by atoms with E-state index in [1.807, 2.05) is 13.1 Å². The van der Waals surface area contributed by atoms with Crippen molar-refractivity contribution in [1.82, 2.24) is 4.90 Å². The highest BCUT2D eigenvalue weighted by Gasteiger charge is 2.34. The lowest BCUT2D eigenvalue weighted by molar-refractivity contribution is 0.195. The van der Waals surface area contributed by atoms with Gasteiger partial charge in [0.2, 0.25) is 0 Å². The van der Waals surface area contributed by atoms with Gasteiger partial charge in [-0.25, -0.2) is 8.42 Å². The molecule has 1 aliphatic heterocycles. The fraction of sp³-hybridized carbons (Fsp3) is 0.636. The minimum atomic E-state index is -2.88. The Kier molecular flexibility index (Phi) is 4.96. The van der Waals surface area contributed by atoms with Crippen molar-refractivity contribution < 1.29 is 8.42 Å². The number of nitrogens with zero attached hydrogens (tertiary/aromatic N) is 1. The van der Waals surface area contributed by atoms with Crippen LogP contribution >= 0.6 is 38.9 Å². The number of hydrogen-bond donors (Lipinski definition) is 1. The molecule has 0 bridgehead atoms. The molecule has 108 valence electrons. The third-order valence-electron chi connectivity index (χ3n) is 3.49. The summed E-state index contributed by atoms with van der Waals surface area (Å²) in [7, 11) is -0.947. The van der Waals surface area contributed by atoms with Crippen LogP contribution in [0.4, 0.5) is 0 Å². The van der Waals surface area contributed by atoms with Crippen LogP contribution in [0.1, 0.15) is 17.3 Å². The molecule has 4 nitrogen and oxygen atoms in total. The second-order valence-electron chi connectivity index (χ2n) is 4.74. The van der Waals surface area contributed by atoms with Crippen LogP contribution in [0, 0.1) is 0 Å². The number of thiophene rings is 1. The standard InChI is InChI=1S/C11H16BrClN2O2S2/c1-15(7-2-3-19(16,17)6-7)9(5-14)10-4-8(12)11(13)18-10/h4,7,9H,2-3,5-6,14H2,1H3. The van der Waals surface area contributed by atoms with E-state index in [4.69, 9.17) is 17.3 Å². The van der Waals surface area contributed by atoms with E-state index in [-0.39, 0.29) is 23.6 Å². The molecule has 0 amide bonds. The van der Waals surface area contributed by atoms with Crippen molar-refractivity contribution in [3.63, 3.8) is 0 Å². The maximum atomic E-state index is 11.6. The average Bonchev–Trinajstić information content (AvgIpc) is 2.84. The van der Waals surface area contributed by atoms with Crippen LogP contribution in [0.25, 0.3) is 0 Å². The average molecular weight is 388 g/mol. The van der Waals surface area contributed by atoms with E-state index in [0.717, 1.165) is 9.35 Å². The van der Waals surface area contributed by atoms with Crippen LogP contribution < -0.4 is 5.73 Å². The van der Waals surface area contributed by atoms with Gasteiger partial charge in [0, 0.05) is 21.9 Å². The molecule has 2 heterocycles. The van der Waals surface area contributed by atoms with E-state index in [2.05, 4.69) is 20.8 Å². The smallest absolute Gasteiger partial charge is 0.151 e. The summed E-state index contributed by atoms with van der Waals surface area (Å²) in [5.74, 6) is 0.495. The fourth-order valence-corrected chi connectivity index (χ4v) is 6.05. The van der Waals surface area contributed by atoms with E-state index in [9.17, 15) is 8.42 Å². The molecular formula is C11H16BrClN2O2S2. The second kappa shape index (κ2) is 5.99. The van der Waals surface area contributed by atoms with Gasteiger partial charge >= 0.3 is 0 Å². The maximum Gasteiger partial charge on any atom is 0.151 e. The molecule has 19 heavy (non-hydrogen) atoms. The Morgan fingerprint density at radius 3 is 2.79 bits per heavy atom. The highest BCUT2D eigenvalue weighted by molar-refractivity contribution is 9.10. The third-order valence-corrected chi connectivity index (χ3v) is 7.82. The van der Waals surface area contributed by atoms with Crippen molar-refractivity contribution in [1.29, 1.82) is 0 Å². The van der Waals surface area contributed by atoms with Crippen molar-refractivity contribution in [2.24, 2.45) is 5.73 Å². The van der Waals surface area contributed by atoms with Crippen LogP contribution in [-0.2, 0) is 9.84 Å². The zero-order valence-electron chi connectivity index (χ0n) is 10.5. The first-order valence-corrected chi connectivity index (χ1v) is 9.72. The molecule has 8 heteroatoms. The molecule has 2 unspecified atom stereocenters. The molecule has 0 spiro atoms. The molecule has 0 aromatic carbocycles. The summed E-state index contributed by atoms with van der Waals surface area (Å²) >= 11 is 10.9. The number of hydrogen-bond acceptors (Lipinski definition) is 5. The van der Waals surface area contributed by atoms with Crippen LogP contribution in [0.5, 0.6) is 0 Å². The van der Waals surface area contributed by atoms with Gasteiger partial charge in [0.05, 0.1) is 17.5 Å². The molecule has 0 aliphatic carbocycles. The van der Waals surface area contributed by atoms with Crippen molar-refractivity contribution in [3.8, 4) is 0 Å². The predicted octanol–water partition coefficient (Wildman–Crippen LogP) is 2.28. The quantitative estimate of drug-likeness (QED) is 0.861. The largest absolute Gasteiger partial charge is 0.329 e. The zero-order valence-corrected chi connectivity index (χ0v) is 14.4. The lowest BCUT2D eigenvalue weighted by Gasteiger charge is -2.30. The summed E-state index contributed by atoms with van der Waals surface area (Å²) in [5, 5.41) is 0. The Balaban J connectivity index is 2.18. The SMILES string of the molecule is CN(C1CCS(=O)(=O)C1)C(CN)c1cc(Br)c(Cl)s1. The Morgan fingerprint density at radius 1 is 1.68 bits per heavy atom. The molecule has 2 atom stereocenters. The third kappa shape index (κ3) is 3.51. The van der Waals surface area contributed by atoms with Crippen molar-refractivity contribution >= 4 is 48.7 Å². The van der Waals surface area contributed by atoms with Gasteiger partial charge in [-0.05, 0) is 35.5 Å². The van der Waals surface area contributed by atoms with Crippen LogP contribution in [-0.4, -0.2) is 44.5 Å². The Bertz CT molecular complexity index is 542. The Hall–Kier alpha value is 0.340. The fourth-order valence-electron chi connectivity index (χ4n) is 2.36.